The summed E-state index contributed by atoms with van der Waals surface area (Å²) in [7, 11) is 0. The zero-order chi connectivity index (χ0) is 20.7. The van der Waals surface area contributed by atoms with E-state index in [1.54, 1.807) is 13.0 Å². The Morgan fingerprint density at radius 3 is 2.68 bits per heavy atom. The number of aliphatic hydroxyl groups is 2. The third-order valence-corrected chi connectivity index (χ3v) is 9.46. The van der Waals surface area contributed by atoms with Gasteiger partial charge in [0.1, 0.15) is 5.60 Å². The van der Waals surface area contributed by atoms with Crippen molar-refractivity contribution in [1.29, 1.82) is 0 Å². The number of fused-ring (bicyclic) bond motifs is 5. The van der Waals surface area contributed by atoms with Gasteiger partial charge in [-0.2, -0.15) is 0 Å². The second kappa shape index (κ2) is 6.20. The number of halogens is 2. The van der Waals surface area contributed by atoms with Gasteiger partial charge in [-0.25, -0.2) is 4.39 Å². The molecule has 0 aromatic carbocycles. The predicted molar refractivity (Wildman–Crippen MR) is 112 cm³/mol. The summed E-state index contributed by atoms with van der Waals surface area (Å²) < 4.78 is 17.1. The summed E-state index contributed by atoms with van der Waals surface area (Å²) in [5.74, 6) is -1.32. The number of ketones is 2. The van der Waals surface area contributed by atoms with Crippen LogP contribution in [0.5, 0.6) is 0 Å². The normalized spacial score (nSPS) is 52.5. The molecule has 0 radical (unpaired) electrons. The number of alkyl halides is 2. The molecule has 0 aromatic heterocycles. The second-order valence-corrected chi connectivity index (χ2v) is 10.5. The number of allylic oxidation sites excluding steroid dienone is 4. The molecule has 0 heterocycles. The lowest BCUT2D eigenvalue weighted by Gasteiger charge is -2.62. The number of carbonyl (C=O) groups excluding carboxylic acids is 2. The predicted octanol–water partition coefficient (Wildman–Crippen LogP) is 3.34. The van der Waals surface area contributed by atoms with Crippen molar-refractivity contribution in [1.82, 2.24) is 0 Å². The van der Waals surface area contributed by atoms with Crippen LogP contribution in [0.1, 0.15) is 46.5 Å². The Kier molecular flexibility index (Phi) is 4.58. The van der Waals surface area contributed by atoms with E-state index < -0.39 is 34.1 Å². The van der Waals surface area contributed by atoms with E-state index in [2.05, 4.69) is 0 Å². The third-order valence-electron chi connectivity index (χ3n) is 8.77. The summed E-state index contributed by atoms with van der Waals surface area (Å²) in [5, 5.41) is 22.7. The topological polar surface area (TPSA) is 74.6 Å². The Bertz CT molecular complexity index is 808. The van der Waals surface area contributed by atoms with E-state index >= 15 is 4.39 Å². The molecular formula is C22H28FIO4. The maximum atomic E-state index is 16.9. The van der Waals surface area contributed by atoms with Gasteiger partial charge in [0.2, 0.25) is 0 Å². The number of carbonyl (C=O) groups is 2. The molecule has 28 heavy (non-hydrogen) atoms. The quantitative estimate of drug-likeness (QED) is 0.449. The molecule has 3 fully saturated rings. The van der Waals surface area contributed by atoms with Gasteiger partial charge >= 0.3 is 0 Å². The fourth-order valence-corrected chi connectivity index (χ4v) is 7.82. The maximum Gasteiger partial charge on any atom is 0.178 e. The Labute approximate surface area is 178 Å². The molecule has 4 nitrogen and oxygen atoms in total. The van der Waals surface area contributed by atoms with E-state index in [0.29, 0.717) is 19.3 Å². The van der Waals surface area contributed by atoms with Gasteiger partial charge in [-0.3, -0.25) is 9.59 Å². The first-order valence-electron chi connectivity index (χ1n) is 10.1. The first kappa shape index (κ1) is 20.7. The Morgan fingerprint density at radius 1 is 1.36 bits per heavy atom. The third kappa shape index (κ3) is 2.17. The lowest BCUT2D eigenvalue weighted by molar-refractivity contribution is -0.218. The van der Waals surface area contributed by atoms with Gasteiger partial charge in [0.25, 0.3) is 0 Å². The molecule has 0 amide bonds. The van der Waals surface area contributed by atoms with Gasteiger partial charge in [0, 0.05) is 16.7 Å². The molecule has 0 spiro atoms. The van der Waals surface area contributed by atoms with Gasteiger partial charge in [0.05, 0.1) is 10.5 Å². The van der Waals surface area contributed by atoms with Gasteiger partial charge in [-0.15, -0.1) is 0 Å². The molecule has 3 unspecified atom stereocenters. The van der Waals surface area contributed by atoms with Gasteiger partial charge in [0.15, 0.2) is 17.2 Å². The molecule has 0 saturated heterocycles. The number of aliphatic hydroxyl groups excluding tert-OH is 1. The van der Waals surface area contributed by atoms with E-state index in [1.165, 1.54) is 12.2 Å². The van der Waals surface area contributed by atoms with E-state index in [-0.39, 0.29) is 34.3 Å². The van der Waals surface area contributed by atoms with Crippen molar-refractivity contribution in [3.63, 3.8) is 0 Å². The van der Waals surface area contributed by atoms with Crippen molar-refractivity contribution in [3.8, 4) is 0 Å². The molecule has 3 saturated carbocycles. The summed E-state index contributed by atoms with van der Waals surface area (Å²) in [6.45, 7) is 5.51. The van der Waals surface area contributed by atoms with Gasteiger partial charge < -0.3 is 10.2 Å². The highest BCUT2D eigenvalue weighted by Crippen LogP contribution is 2.70. The minimum atomic E-state index is -1.92. The fraction of sp³-hybridized carbons (Fsp3) is 0.727. The number of rotatable bonds is 2. The SMILES string of the molecule is CC1C[C@H]2[C@@H]3CCC4=CC(=O)C=C[C@]4(C)C3(F)C(O)C[C@]2(C)[C@@]1(O)C(=O)CI. The highest BCUT2D eigenvalue weighted by molar-refractivity contribution is 14.1. The molecule has 6 heteroatoms. The van der Waals surface area contributed by atoms with Crippen molar-refractivity contribution < 1.29 is 24.2 Å². The van der Waals surface area contributed by atoms with Crippen LogP contribution in [0.25, 0.3) is 0 Å². The summed E-state index contributed by atoms with van der Waals surface area (Å²) in [5.41, 5.74) is -4.62. The first-order valence-corrected chi connectivity index (χ1v) is 11.6. The van der Waals surface area contributed by atoms with Crippen LogP contribution in [0.2, 0.25) is 0 Å². The van der Waals surface area contributed by atoms with Crippen molar-refractivity contribution in [2.45, 2.75) is 63.8 Å². The van der Waals surface area contributed by atoms with E-state index in [0.717, 1.165) is 5.57 Å². The van der Waals surface area contributed by atoms with Crippen molar-refractivity contribution >= 4 is 34.2 Å². The largest absolute Gasteiger partial charge is 0.390 e. The maximum absolute atomic E-state index is 16.9. The van der Waals surface area contributed by atoms with Crippen LogP contribution >= 0.6 is 22.6 Å². The lowest BCUT2D eigenvalue weighted by Crippen LogP contribution is -2.69. The molecule has 0 aromatic rings. The zero-order valence-electron chi connectivity index (χ0n) is 16.5. The Balaban J connectivity index is 1.84. The molecular weight excluding hydrogens is 474 g/mol. The first-order chi connectivity index (χ1) is 13.0. The molecule has 0 bridgehead atoms. The van der Waals surface area contributed by atoms with Crippen LogP contribution in [-0.4, -0.2) is 43.6 Å². The molecule has 4 aliphatic rings. The fourth-order valence-electron chi connectivity index (χ4n) is 7.24. The van der Waals surface area contributed by atoms with Crippen LogP contribution in [0.4, 0.5) is 4.39 Å². The van der Waals surface area contributed by atoms with Crippen LogP contribution in [-0.2, 0) is 9.59 Å². The standard InChI is InChI=1S/C22H28FIO4/c1-12-8-16-15-5-4-13-9-14(25)6-7-19(13,2)21(15,23)17(26)10-20(16,3)22(12,28)18(27)11-24/h6-7,9,12,15-17,26,28H,4-5,8,10-11H2,1-3H3/t12?,15-,16-,17?,19-,20-,21?,22-/m0/s1. The Hall–Kier alpha value is -0.600. The molecule has 2 N–H and O–H groups in total. The summed E-state index contributed by atoms with van der Waals surface area (Å²) in [6.07, 6.45) is 4.95. The molecule has 4 aliphatic carbocycles. The molecule has 154 valence electrons. The van der Waals surface area contributed by atoms with Gasteiger partial charge in [-0.05, 0) is 56.6 Å². The minimum Gasteiger partial charge on any atom is -0.390 e. The minimum absolute atomic E-state index is 0.0402. The highest BCUT2D eigenvalue weighted by Gasteiger charge is 2.75. The van der Waals surface area contributed by atoms with E-state index in [4.69, 9.17) is 0 Å². The van der Waals surface area contributed by atoms with Crippen molar-refractivity contribution in [2.24, 2.45) is 28.6 Å². The lowest BCUT2D eigenvalue weighted by atomic mass is 9.44. The second-order valence-electron chi connectivity index (χ2n) is 9.72. The Morgan fingerprint density at radius 2 is 2.04 bits per heavy atom. The van der Waals surface area contributed by atoms with Crippen LogP contribution in [0.15, 0.2) is 23.8 Å². The van der Waals surface area contributed by atoms with Crippen LogP contribution in [0.3, 0.4) is 0 Å². The van der Waals surface area contributed by atoms with Crippen molar-refractivity contribution in [2.75, 3.05) is 4.43 Å². The number of Topliss-reactive ketones (excluding diaryl/α,β-unsaturated/α-hetero) is 1. The highest BCUT2D eigenvalue weighted by atomic mass is 127. The van der Waals surface area contributed by atoms with Crippen LogP contribution < -0.4 is 0 Å². The summed E-state index contributed by atoms with van der Waals surface area (Å²) in [4.78, 5) is 24.6. The summed E-state index contributed by atoms with van der Waals surface area (Å²) >= 11 is 1.97. The van der Waals surface area contributed by atoms with Crippen molar-refractivity contribution in [3.05, 3.63) is 23.8 Å². The van der Waals surface area contributed by atoms with E-state index in [9.17, 15) is 19.8 Å². The summed E-state index contributed by atoms with van der Waals surface area (Å²) in [6, 6.07) is 0. The zero-order valence-corrected chi connectivity index (χ0v) is 18.7. The van der Waals surface area contributed by atoms with Gasteiger partial charge in [-0.1, -0.05) is 48.1 Å². The number of hydrogen-bond acceptors (Lipinski definition) is 4. The van der Waals surface area contributed by atoms with E-state index in [1.807, 2.05) is 36.4 Å². The molecule has 4 rings (SSSR count). The molecule has 0 aliphatic heterocycles. The van der Waals surface area contributed by atoms with Crippen LogP contribution in [0, 0.1) is 28.6 Å². The average molecular weight is 502 g/mol. The average Bonchev–Trinajstić information content (AvgIpc) is 2.84. The molecule has 8 atom stereocenters. The number of hydrogen-bond donors (Lipinski definition) is 2. The monoisotopic (exact) mass is 502 g/mol. The smallest absolute Gasteiger partial charge is 0.178 e.